The van der Waals surface area contributed by atoms with Crippen LogP contribution >= 0.6 is 0 Å². The fraction of sp³-hybridized carbons (Fsp3) is 0.412. The molecule has 1 amide bonds. The van der Waals surface area contributed by atoms with E-state index in [1.807, 2.05) is 0 Å². The van der Waals surface area contributed by atoms with Crippen molar-refractivity contribution in [1.29, 1.82) is 0 Å². The second kappa shape index (κ2) is 6.32. The maximum absolute atomic E-state index is 14.1. The fourth-order valence-corrected chi connectivity index (χ4v) is 3.16. The number of hydrogen-bond acceptors (Lipinski definition) is 4. The van der Waals surface area contributed by atoms with Crippen molar-refractivity contribution in [3.8, 4) is 0 Å². The quantitative estimate of drug-likeness (QED) is 0.935. The van der Waals surface area contributed by atoms with E-state index in [4.69, 9.17) is 4.52 Å². The Kier molecular flexibility index (Phi) is 4.36. The Hall–Kier alpha value is -2.28. The van der Waals surface area contributed by atoms with Gasteiger partial charge in [-0.3, -0.25) is 4.79 Å². The van der Waals surface area contributed by atoms with Crippen LogP contribution in [0.25, 0.3) is 0 Å². The van der Waals surface area contributed by atoms with Crippen molar-refractivity contribution in [1.82, 2.24) is 10.1 Å². The summed E-state index contributed by atoms with van der Waals surface area (Å²) in [6.45, 7) is 3.54. The summed E-state index contributed by atoms with van der Waals surface area (Å²) in [6.07, 6.45) is -0.555. The number of aromatic nitrogens is 1. The van der Waals surface area contributed by atoms with Crippen LogP contribution < -0.4 is 0 Å². The second-order valence-corrected chi connectivity index (χ2v) is 6.10. The first kappa shape index (κ1) is 16.6. The van der Waals surface area contributed by atoms with Gasteiger partial charge in [0.15, 0.2) is 0 Å². The van der Waals surface area contributed by atoms with Crippen molar-refractivity contribution < 1.29 is 23.2 Å². The highest BCUT2D eigenvalue weighted by Gasteiger charge is 2.37. The summed E-state index contributed by atoms with van der Waals surface area (Å²) in [5, 5.41) is 13.7. The first-order valence-electron chi connectivity index (χ1n) is 7.71. The Morgan fingerprint density at radius 2 is 2.17 bits per heavy atom. The lowest BCUT2D eigenvalue weighted by atomic mass is 10.0. The second-order valence-electron chi connectivity index (χ2n) is 6.10. The maximum Gasteiger partial charge on any atom is 0.227 e. The molecule has 1 saturated heterocycles. The van der Waals surface area contributed by atoms with Crippen LogP contribution in [0.1, 0.15) is 35.0 Å². The van der Waals surface area contributed by atoms with Gasteiger partial charge in [-0.2, -0.15) is 0 Å². The van der Waals surface area contributed by atoms with Crippen LogP contribution in [0.15, 0.2) is 22.7 Å². The van der Waals surface area contributed by atoms with Gasteiger partial charge in [-0.05, 0) is 38.5 Å². The van der Waals surface area contributed by atoms with Crippen LogP contribution in [0.2, 0.25) is 0 Å². The minimum Gasteiger partial charge on any atom is -0.391 e. The number of carbonyl (C=O) groups excluding carboxylic acids is 1. The molecule has 1 aliphatic heterocycles. The number of benzene rings is 1. The Labute approximate surface area is 137 Å². The first-order valence-corrected chi connectivity index (χ1v) is 7.71. The average molecular weight is 336 g/mol. The van der Waals surface area contributed by atoms with Crippen LogP contribution in [-0.4, -0.2) is 33.7 Å². The molecule has 7 heteroatoms. The average Bonchev–Trinajstić information content (AvgIpc) is 3.07. The molecule has 3 rings (SSSR count). The molecule has 2 heterocycles. The van der Waals surface area contributed by atoms with Gasteiger partial charge in [-0.25, -0.2) is 8.78 Å². The maximum atomic E-state index is 14.1. The van der Waals surface area contributed by atoms with Gasteiger partial charge in [0, 0.05) is 17.7 Å². The van der Waals surface area contributed by atoms with E-state index in [9.17, 15) is 18.7 Å². The minimum atomic E-state index is -0.772. The smallest absolute Gasteiger partial charge is 0.227 e. The van der Waals surface area contributed by atoms with E-state index in [0.29, 0.717) is 17.0 Å². The Morgan fingerprint density at radius 3 is 2.83 bits per heavy atom. The molecular formula is C17H18F2N2O3. The first-order chi connectivity index (χ1) is 11.4. The third-order valence-electron chi connectivity index (χ3n) is 4.43. The van der Waals surface area contributed by atoms with E-state index in [2.05, 4.69) is 5.16 Å². The van der Waals surface area contributed by atoms with E-state index < -0.39 is 23.8 Å². The summed E-state index contributed by atoms with van der Waals surface area (Å²) in [4.78, 5) is 14.1. The van der Waals surface area contributed by atoms with Crippen LogP contribution in [0.4, 0.5) is 8.78 Å². The lowest BCUT2D eigenvalue weighted by Crippen LogP contribution is -2.33. The molecule has 1 fully saturated rings. The van der Waals surface area contributed by atoms with Gasteiger partial charge in [0.1, 0.15) is 17.4 Å². The molecular weight excluding hydrogens is 318 g/mol. The number of aliphatic hydroxyl groups excluding tert-OH is 1. The molecule has 0 unspecified atom stereocenters. The van der Waals surface area contributed by atoms with Gasteiger partial charge >= 0.3 is 0 Å². The van der Waals surface area contributed by atoms with Gasteiger partial charge in [0.2, 0.25) is 5.91 Å². The molecule has 2 atom stereocenters. The van der Waals surface area contributed by atoms with Gasteiger partial charge in [0.05, 0.1) is 24.3 Å². The topological polar surface area (TPSA) is 66.6 Å². The van der Waals surface area contributed by atoms with E-state index >= 15 is 0 Å². The number of likely N-dealkylation sites (tertiary alicyclic amines) is 1. The van der Waals surface area contributed by atoms with E-state index in [-0.39, 0.29) is 30.9 Å². The number of carbonyl (C=O) groups is 1. The number of β-amino-alcohol motifs (C(OH)–C–C–N with tert-alkyl or cyclic N) is 1. The molecule has 0 saturated carbocycles. The van der Waals surface area contributed by atoms with Crippen molar-refractivity contribution >= 4 is 5.91 Å². The highest BCUT2D eigenvalue weighted by atomic mass is 19.1. The predicted molar refractivity (Wildman–Crippen MR) is 81.1 cm³/mol. The number of hydrogen-bond donors (Lipinski definition) is 1. The van der Waals surface area contributed by atoms with Crippen molar-refractivity contribution in [2.24, 2.45) is 0 Å². The number of rotatable bonds is 3. The van der Waals surface area contributed by atoms with Crippen molar-refractivity contribution in [2.45, 2.75) is 38.8 Å². The summed E-state index contributed by atoms with van der Waals surface area (Å²) in [7, 11) is 0. The lowest BCUT2D eigenvalue weighted by molar-refractivity contribution is -0.131. The summed E-state index contributed by atoms with van der Waals surface area (Å²) in [6, 6.07) is 2.45. The standard InChI is InChI=1S/C17H18F2N2O3/c1-9-13(10(2)24-20-9)7-17(23)21-8-12(22)6-16(21)14-5-11(18)3-4-15(14)19/h3-5,12,16,22H,6-8H2,1-2H3/t12-,16-/m0/s1. The SMILES string of the molecule is Cc1noc(C)c1CC(=O)N1C[C@@H](O)C[C@H]1c1cc(F)ccc1F. The Morgan fingerprint density at radius 1 is 1.42 bits per heavy atom. The molecule has 0 bridgehead atoms. The molecule has 1 aromatic heterocycles. The van der Waals surface area contributed by atoms with Gasteiger partial charge in [-0.15, -0.1) is 0 Å². The number of aliphatic hydroxyl groups is 1. The van der Waals surface area contributed by atoms with E-state index in [1.165, 1.54) is 4.90 Å². The van der Waals surface area contributed by atoms with Gasteiger partial charge in [-0.1, -0.05) is 5.16 Å². The number of nitrogens with zero attached hydrogens (tertiary/aromatic N) is 2. The highest BCUT2D eigenvalue weighted by molar-refractivity contribution is 5.80. The fourth-order valence-electron chi connectivity index (χ4n) is 3.16. The third-order valence-corrected chi connectivity index (χ3v) is 4.43. The number of halogens is 2. The predicted octanol–water partition coefficient (Wildman–Crippen LogP) is 2.45. The van der Waals surface area contributed by atoms with Crippen LogP contribution in [-0.2, 0) is 11.2 Å². The van der Waals surface area contributed by atoms with E-state index in [0.717, 1.165) is 18.2 Å². The van der Waals surface area contributed by atoms with Crippen LogP contribution in [0, 0.1) is 25.5 Å². The molecule has 2 aromatic rings. The number of amides is 1. The molecule has 5 nitrogen and oxygen atoms in total. The van der Waals surface area contributed by atoms with Gasteiger partial charge in [0.25, 0.3) is 0 Å². The molecule has 0 aliphatic carbocycles. The molecule has 24 heavy (non-hydrogen) atoms. The largest absolute Gasteiger partial charge is 0.391 e. The highest BCUT2D eigenvalue weighted by Crippen LogP contribution is 2.34. The summed E-state index contributed by atoms with van der Waals surface area (Å²) >= 11 is 0. The third kappa shape index (κ3) is 3.03. The minimum absolute atomic E-state index is 0.0430. The van der Waals surface area contributed by atoms with Crippen molar-refractivity contribution in [2.75, 3.05) is 6.54 Å². The van der Waals surface area contributed by atoms with Crippen molar-refractivity contribution in [3.63, 3.8) is 0 Å². The zero-order chi connectivity index (χ0) is 17.4. The summed E-state index contributed by atoms with van der Waals surface area (Å²) < 4.78 is 32.6. The molecule has 0 spiro atoms. The molecule has 0 radical (unpaired) electrons. The lowest BCUT2D eigenvalue weighted by Gasteiger charge is -2.25. The zero-order valence-electron chi connectivity index (χ0n) is 13.4. The molecule has 1 aromatic carbocycles. The monoisotopic (exact) mass is 336 g/mol. The van der Waals surface area contributed by atoms with Crippen LogP contribution in [0.3, 0.4) is 0 Å². The molecule has 128 valence electrons. The van der Waals surface area contributed by atoms with Gasteiger partial charge < -0.3 is 14.5 Å². The molecule has 1 aliphatic rings. The normalized spacial score (nSPS) is 20.6. The summed E-state index contributed by atoms with van der Waals surface area (Å²) in [5.41, 5.74) is 1.38. The molecule has 1 N–H and O–H groups in total. The van der Waals surface area contributed by atoms with Crippen molar-refractivity contribution in [3.05, 3.63) is 52.4 Å². The number of aryl methyl sites for hydroxylation is 2. The Balaban J connectivity index is 1.88. The zero-order valence-corrected chi connectivity index (χ0v) is 13.4. The summed E-state index contributed by atoms with van der Waals surface area (Å²) in [5.74, 6) is -0.903. The van der Waals surface area contributed by atoms with E-state index in [1.54, 1.807) is 13.8 Å². The Bertz CT molecular complexity index is 756. The van der Waals surface area contributed by atoms with Crippen LogP contribution in [0.5, 0.6) is 0 Å².